The fourth-order valence-electron chi connectivity index (χ4n) is 2.83. The molecular weight excluding hydrogens is 452 g/mol. The lowest BCUT2D eigenvalue weighted by Gasteiger charge is -2.08. The van der Waals surface area contributed by atoms with Gasteiger partial charge in [0.2, 0.25) is 11.8 Å². The largest absolute Gasteiger partial charge is 0.477 e. The van der Waals surface area contributed by atoms with Crippen molar-refractivity contribution in [3.05, 3.63) is 64.5 Å². The topological polar surface area (TPSA) is 70.3 Å². The third-order valence-corrected chi connectivity index (χ3v) is 5.64. The van der Waals surface area contributed by atoms with Gasteiger partial charge >= 0.3 is 0 Å². The van der Waals surface area contributed by atoms with E-state index in [-0.39, 0.29) is 10.7 Å². The lowest BCUT2D eigenvalue weighted by molar-refractivity contribution is 0.288. The van der Waals surface area contributed by atoms with E-state index in [0.717, 1.165) is 12.5 Å². The molecule has 0 amide bonds. The summed E-state index contributed by atoms with van der Waals surface area (Å²) in [6, 6.07) is 13.7. The number of nitrogen functional groups attached to an aromatic ring is 1. The van der Waals surface area contributed by atoms with Crippen LogP contribution in [0.5, 0.6) is 11.8 Å². The van der Waals surface area contributed by atoms with Crippen LogP contribution in [0.2, 0.25) is 10.2 Å². The van der Waals surface area contributed by atoms with Crippen molar-refractivity contribution >= 4 is 28.9 Å². The zero-order chi connectivity index (χ0) is 22.5. The van der Waals surface area contributed by atoms with Crippen molar-refractivity contribution in [3.8, 4) is 23.0 Å². The maximum atomic E-state index is 13.6. The van der Waals surface area contributed by atoms with Crippen molar-refractivity contribution < 1.29 is 13.9 Å². The number of anilines is 1. The number of hydrogen-bond donors (Lipinski definition) is 1. The molecule has 0 spiro atoms. The molecule has 2 saturated carbocycles. The van der Waals surface area contributed by atoms with E-state index < -0.39 is 5.82 Å². The first-order valence-electron chi connectivity index (χ1n) is 10.6. The van der Waals surface area contributed by atoms with Crippen LogP contribution >= 0.6 is 23.2 Å². The summed E-state index contributed by atoms with van der Waals surface area (Å²) in [6.07, 6.45) is 5.03. The van der Waals surface area contributed by atoms with Crippen LogP contribution in [-0.4, -0.2) is 23.2 Å². The monoisotopic (exact) mass is 475 g/mol. The summed E-state index contributed by atoms with van der Waals surface area (Å²) < 4.78 is 24.6. The highest BCUT2D eigenvalue weighted by Crippen LogP contribution is 2.31. The summed E-state index contributed by atoms with van der Waals surface area (Å²) in [5.74, 6) is 2.05. The molecule has 3 aromatic rings. The molecule has 5 rings (SSSR count). The van der Waals surface area contributed by atoms with Crippen LogP contribution in [-0.2, 0) is 0 Å². The number of ether oxygens (including phenoxy) is 2. The summed E-state index contributed by atoms with van der Waals surface area (Å²) in [4.78, 5) is 8.38. The van der Waals surface area contributed by atoms with E-state index in [0.29, 0.717) is 40.7 Å². The van der Waals surface area contributed by atoms with Crippen LogP contribution in [0.3, 0.4) is 0 Å². The summed E-state index contributed by atoms with van der Waals surface area (Å²) in [5, 5.41) is 0.675. The van der Waals surface area contributed by atoms with Crippen LogP contribution in [0.4, 0.5) is 10.1 Å². The summed E-state index contributed by atoms with van der Waals surface area (Å²) in [5.41, 5.74) is 6.64. The van der Waals surface area contributed by atoms with Gasteiger partial charge in [-0.1, -0.05) is 35.3 Å². The number of halogens is 3. The minimum Gasteiger partial charge on any atom is -0.477 e. The third kappa shape index (κ3) is 6.71. The van der Waals surface area contributed by atoms with Gasteiger partial charge in [0.1, 0.15) is 11.0 Å². The Labute approximate surface area is 196 Å². The Balaban J connectivity index is 0.000000174. The van der Waals surface area contributed by atoms with Gasteiger partial charge < -0.3 is 15.2 Å². The molecule has 0 radical (unpaired) electrons. The first kappa shape index (κ1) is 22.6. The molecular formula is C24H24Cl2FN3O2. The zero-order valence-electron chi connectivity index (χ0n) is 17.4. The first-order valence-corrected chi connectivity index (χ1v) is 11.3. The van der Waals surface area contributed by atoms with E-state index in [9.17, 15) is 4.39 Å². The van der Waals surface area contributed by atoms with Crippen molar-refractivity contribution in [2.24, 2.45) is 11.8 Å². The van der Waals surface area contributed by atoms with Gasteiger partial charge in [0.25, 0.3) is 0 Å². The van der Waals surface area contributed by atoms with Crippen molar-refractivity contribution in [3.63, 3.8) is 0 Å². The molecule has 2 aromatic heterocycles. The first-order chi connectivity index (χ1) is 15.5. The van der Waals surface area contributed by atoms with Crippen molar-refractivity contribution in [1.82, 2.24) is 9.97 Å². The maximum Gasteiger partial charge on any atom is 0.214 e. The standard InChI is InChI=1S/C15H14ClFN2O.C9H10ClNO/c16-11-6-10(7-12(17)15(11)18)13-2-1-3-14(19-13)20-8-9-4-5-9;10-8-2-1-3-9(11-8)12-6-7-4-5-7/h1-3,6-7,9H,4-5,8,18H2;1-3,7H,4-6H2. The molecule has 2 heterocycles. The van der Waals surface area contributed by atoms with Crippen LogP contribution < -0.4 is 15.2 Å². The van der Waals surface area contributed by atoms with Gasteiger partial charge in [-0.15, -0.1) is 0 Å². The second-order valence-electron chi connectivity index (χ2n) is 8.02. The van der Waals surface area contributed by atoms with Crippen LogP contribution in [0, 0.1) is 17.7 Å². The van der Waals surface area contributed by atoms with Gasteiger partial charge in [0, 0.05) is 17.7 Å². The van der Waals surface area contributed by atoms with E-state index in [4.69, 9.17) is 38.4 Å². The van der Waals surface area contributed by atoms with Crippen molar-refractivity contribution in [2.45, 2.75) is 25.7 Å². The molecule has 2 fully saturated rings. The Morgan fingerprint density at radius 1 is 0.875 bits per heavy atom. The molecule has 0 bridgehead atoms. The van der Waals surface area contributed by atoms with Gasteiger partial charge in [-0.05, 0) is 61.8 Å². The minimum atomic E-state index is -0.543. The molecule has 2 aliphatic rings. The van der Waals surface area contributed by atoms with E-state index in [1.165, 1.54) is 31.7 Å². The molecule has 2 aliphatic carbocycles. The summed E-state index contributed by atoms with van der Waals surface area (Å²) in [7, 11) is 0. The Morgan fingerprint density at radius 2 is 1.47 bits per heavy atom. The summed E-state index contributed by atoms with van der Waals surface area (Å²) in [6.45, 7) is 1.47. The average molecular weight is 476 g/mol. The fraction of sp³-hybridized carbons (Fsp3) is 0.333. The maximum absolute atomic E-state index is 13.6. The molecule has 168 valence electrons. The number of aromatic nitrogens is 2. The number of hydrogen-bond acceptors (Lipinski definition) is 5. The zero-order valence-corrected chi connectivity index (χ0v) is 19.0. The van der Waals surface area contributed by atoms with E-state index in [1.54, 1.807) is 24.3 Å². The van der Waals surface area contributed by atoms with Crippen molar-refractivity contribution in [1.29, 1.82) is 0 Å². The van der Waals surface area contributed by atoms with Crippen molar-refractivity contribution in [2.75, 3.05) is 18.9 Å². The van der Waals surface area contributed by atoms with E-state index >= 15 is 0 Å². The lowest BCUT2D eigenvalue weighted by atomic mass is 10.1. The van der Waals surface area contributed by atoms with Crippen LogP contribution in [0.1, 0.15) is 25.7 Å². The normalized spacial score (nSPS) is 15.0. The molecule has 8 heteroatoms. The number of pyridine rings is 2. The number of nitrogens with two attached hydrogens (primary N) is 1. The second kappa shape index (κ2) is 10.4. The number of rotatable bonds is 7. The second-order valence-corrected chi connectivity index (χ2v) is 8.82. The molecule has 0 saturated heterocycles. The predicted octanol–water partition coefficient (Wildman–Crippen LogP) is 6.44. The highest BCUT2D eigenvalue weighted by molar-refractivity contribution is 6.33. The molecule has 0 unspecified atom stereocenters. The average Bonchev–Trinajstić information content (AvgIpc) is 3.70. The Bertz CT molecular complexity index is 1050. The van der Waals surface area contributed by atoms with Gasteiger partial charge in [0.15, 0.2) is 0 Å². The van der Waals surface area contributed by atoms with Crippen LogP contribution in [0.15, 0.2) is 48.5 Å². The fourth-order valence-corrected chi connectivity index (χ4v) is 3.20. The van der Waals surface area contributed by atoms with Gasteiger partial charge in [-0.2, -0.15) is 0 Å². The lowest BCUT2D eigenvalue weighted by Crippen LogP contribution is -2.01. The van der Waals surface area contributed by atoms with Crippen LogP contribution in [0.25, 0.3) is 11.3 Å². The SMILES string of the molecule is Clc1cccc(OCC2CC2)n1.Nc1c(F)cc(-c2cccc(OCC3CC3)n2)cc1Cl. The summed E-state index contributed by atoms with van der Waals surface area (Å²) >= 11 is 11.6. The third-order valence-electron chi connectivity index (χ3n) is 5.12. The Morgan fingerprint density at radius 3 is 2.03 bits per heavy atom. The number of benzene rings is 1. The Kier molecular flexibility index (Phi) is 7.33. The predicted molar refractivity (Wildman–Crippen MR) is 125 cm³/mol. The molecule has 2 N–H and O–H groups in total. The van der Waals surface area contributed by atoms with E-state index in [1.807, 2.05) is 18.2 Å². The highest BCUT2D eigenvalue weighted by atomic mass is 35.5. The minimum absolute atomic E-state index is 0.0449. The van der Waals surface area contributed by atoms with Gasteiger partial charge in [-0.25, -0.2) is 14.4 Å². The number of nitrogens with zero attached hydrogens (tertiary/aromatic N) is 2. The smallest absolute Gasteiger partial charge is 0.214 e. The molecule has 0 aliphatic heterocycles. The molecule has 5 nitrogen and oxygen atoms in total. The van der Waals surface area contributed by atoms with Gasteiger partial charge in [0.05, 0.1) is 29.6 Å². The Hall–Kier alpha value is -2.57. The van der Waals surface area contributed by atoms with E-state index in [2.05, 4.69) is 9.97 Å². The molecule has 0 atom stereocenters. The van der Waals surface area contributed by atoms with Gasteiger partial charge in [-0.3, -0.25) is 0 Å². The quantitative estimate of drug-likeness (QED) is 0.314. The molecule has 1 aromatic carbocycles. The molecule has 32 heavy (non-hydrogen) atoms. The highest BCUT2D eigenvalue weighted by Gasteiger charge is 2.22.